The second-order valence-corrected chi connectivity index (χ2v) is 6.27. The molecule has 0 aliphatic carbocycles. The van der Waals surface area contributed by atoms with Crippen LogP contribution in [0.3, 0.4) is 0 Å². The molecular formula is C13H15ClN2O4S. The maximum Gasteiger partial charge on any atom is 0.243 e. The van der Waals surface area contributed by atoms with Gasteiger partial charge in [-0.05, 0) is 30.7 Å². The summed E-state index contributed by atoms with van der Waals surface area (Å²) in [6.45, 7) is 1.05. The highest BCUT2D eigenvalue weighted by atomic mass is 35.5. The van der Waals surface area contributed by atoms with E-state index >= 15 is 0 Å². The van der Waals surface area contributed by atoms with E-state index in [4.69, 9.17) is 20.8 Å². The number of rotatable bonds is 8. The number of pyridine rings is 1. The smallest absolute Gasteiger partial charge is 0.243 e. The van der Waals surface area contributed by atoms with Crippen molar-refractivity contribution in [3.8, 4) is 0 Å². The van der Waals surface area contributed by atoms with Crippen LogP contribution in [0, 0.1) is 0 Å². The van der Waals surface area contributed by atoms with Gasteiger partial charge >= 0.3 is 0 Å². The molecule has 0 amide bonds. The predicted molar refractivity (Wildman–Crippen MR) is 77.4 cm³/mol. The highest BCUT2D eigenvalue weighted by Crippen LogP contribution is 2.17. The van der Waals surface area contributed by atoms with Crippen LogP contribution in [-0.2, 0) is 21.4 Å². The molecule has 0 aromatic carbocycles. The zero-order valence-electron chi connectivity index (χ0n) is 11.2. The van der Waals surface area contributed by atoms with Crippen LogP contribution in [0.25, 0.3) is 0 Å². The van der Waals surface area contributed by atoms with E-state index in [1.807, 2.05) is 6.07 Å². The lowest BCUT2D eigenvalue weighted by atomic mass is 10.4. The lowest BCUT2D eigenvalue weighted by Crippen LogP contribution is -2.26. The van der Waals surface area contributed by atoms with Crippen LogP contribution in [0.4, 0.5) is 0 Å². The number of halogens is 1. The van der Waals surface area contributed by atoms with Crippen LogP contribution in [-0.4, -0.2) is 26.6 Å². The van der Waals surface area contributed by atoms with Crippen molar-refractivity contribution in [2.75, 3.05) is 13.2 Å². The summed E-state index contributed by atoms with van der Waals surface area (Å²) in [7, 11) is -3.64. The van der Waals surface area contributed by atoms with Crippen molar-refractivity contribution in [1.29, 1.82) is 0 Å². The van der Waals surface area contributed by atoms with Crippen molar-refractivity contribution in [2.45, 2.75) is 17.9 Å². The molecule has 2 heterocycles. The molecule has 0 unspecified atom stereocenters. The summed E-state index contributed by atoms with van der Waals surface area (Å²) in [6, 6.07) is 6.52. The molecule has 2 aromatic heterocycles. The normalized spacial score (nSPS) is 11.7. The first-order valence-electron chi connectivity index (χ1n) is 6.30. The van der Waals surface area contributed by atoms with Crippen molar-refractivity contribution in [3.05, 3.63) is 47.6 Å². The van der Waals surface area contributed by atoms with Crippen LogP contribution >= 0.6 is 11.6 Å². The van der Waals surface area contributed by atoms with Gasteiger partial charge in [0.15, 0.2) is 0 Å². The average molecular weight is 331 g/mol. The Bertz CT molecular complexity index is 659. The van der Waals surface area contributed by atoms with Gasteiger partial charge in [0.25, 0.3) is 0 Å². The first kappa shape index (κ1) is 16.0. The van der Waals surface area contributed by atoms with Crippen LogP contribution < -0.4 is 4.72 Å². The van der Waals surface area contributed by atoms with Gasteiger partial charge in [-0.25, -0.2) is 18.1 Å². The Labute approximate surface area is 128 Å². The van der Waals surface area contributed by atoms with Crippen molar-refractivity contribution in [1.82, 2.24) is 9.71 Å². The topological polar surface area (TPSA) is 81.4 Å². The molecule has 0 saturated heterocycles. The first-order valence-corrected chi connectivity index (χ1v) is 8.16. The van der Waals surface area contributed by atoms with Gasteiger partial charge in [0, 0.05) is 19.3 Å². The molecule has 2 rings (SSSR count). The Balaban J connectivity index is 1.72. The van der Waals surface area contributed by atoms with E-state index in [-0.39, 0.29) is 16.6 Å². The maximum atomic E-state index is 12.0. The van der Waals surface area contributed by atoms with Gasteiger partial charge in [0.2, 0.25) is 10.0 Å². The minimum atomic E-state index is -3.64. The summed E-state index contributed by atoms with van der Waals surface area (Å²) in [6.07, 6.45) is 3.55. The third kappa shape index (κ3) is 4.82. The second kappa shape index (κ2) is 7.56. The number of nitrogens with one attached hydrogen (secondary N) is 1. The SMILES string of the molecule is O=S(=O)(NCCCOCc1ccco1)c1cccnc1Cl. The van der Waals surface area contributed by atoms with Gasteiger partial charge in [0.05, 0.1) is 6.26 Å². The van der Waals surface area contributed by atoms with E-state index in [0.717, 1.165) is 5.76 Å². The van der Waals surface area contributed by atoms with E-state index in [9.17, 15) is 8.42 Å². The fourth-order valence-electron chi connectivity index (χ4n) is 1.60. The van der Waals surface area contributed by atoms with Gasteiger partial charge in [-0.3, -0.25) is 0 Å². The molecule has 8 heteroatoms. The molecule has 1 N–H and O–H groups in total. The van der Waals surface area contributed by atoms with E-state index < -0.39 is 10.0 Å². The molecule has 0 radical (unpaired) electrons. The average Bonchev–Trinajstić information content (AvgIpc) is 2.96. The quantitative estimate of drug-likeness (QED) is 0.593. The van der Waals surface area contributed by atoms with Gasteiger partial charge in [-0.15, -0.1) is 0 Å². The van der Waals surface area contributed by atoms with Crippen molar-refractivity contribution >= 4 is 21.6 Å². The lowest BCUT2D eigenvalue weighted by molar-refractivity contribution is 0.105. The number of nitrogens with zero attached hydrogens (tertiary/aromatic N) is 1. The molecule has 0 atom stereocenters. The summed E-state index contributed by atoms with van der Waals surface area (Å²) in [5.41, 5.74) is 0. The Kier molecular flexibility index (Phi) is 5.75. The van der Waals surface area contributed by atoms with Crippen LogP contribution in [0.1, 0.15) is 12.2 Å². The Morgan fingerprint density at radius 1 is 1.33 bits per heavy atom. The van der Waals surface area contributed by atoms with Gasteiger partial charge < -0.3 is 9.15 Å². The number of aromatic nitrogens is 1. The largest absolute Gasteiger partial charge is 0.467 e. The zero-order chi connectivity index (χ0) is 15.1. The van der Waals surface area contributed by atoms with E-state index in [1.165, 1.54) is 18.3 Å². The number of ether oxygens (including phenoxy) is 1. The van der Waals surface area contributed by atoms with Crippen molar-refractivity contribution in [3.63, 3.8) is 0 Å². The monoisotopic (exact) mass is 330 g/mol. The number of hydrogen-bond acceptors (Lipinski definition) is 5. The van der Waals surface area contributed by atoms with Gasteiger partial charge in [0.1, 0.15) is 22.4 Å². The zero-order valence-corrected chi connectivity index (χ0v) is 12.7. The van der Waals surface area contributed by atoms with Gasteiger partial charge in [-0.1, -0.05) is 11.6 Å². The molecule has 2 aromatic rings. The van der Waals surface area contributed by atoms with E-state index in [0.29, 0.717) is 19.6 Å². The predicted octanol–water partition coefficient (Wildman–Crippen LogP) is 2.21. The fraction of sp³-hybridized carbons (Fsp3) is 0.308. The minimum absolute atomic E-state index is 0.0248. The molecule has 0 fully saturated rings. The molecule has 0 spiro atoms. The van der Waals surface area contributed by atoms with Gasteiger partial charge in [-0.2, -0.15) is 0 Å². The second-order valence-electron chi connectivity index (χ2n) is 4.18. The summed E-state index contributed by atoms with van der Waals surface area (Å²) in [5.74, 6) is 0.734. The van der Waals surface area contributed by atoms with Crippen LogP contribution in [0.15, 0.2) is 46.0 Å². The molecule has 0 bridgehead atoms. The number of furan rings is 1. The standard InChI is InChI=1S/C13H15ClN2O4S/c14-13-12(5-1-6-15-13)21(17,18)16-7-3-8-19-10-11-4-2-9-20-11/h1-2,4-6,9,16H,3,7-8,10H2. The maximum absolute atomic E-state index is 12.0. The third-order valence-corrected chi connectivity index (χ3v) is 4.50. The third-order valence-electron chi connectivity index (χ3n) is 2.60. The Morgan fingerprint density at radius 3 is 2.90 bits per heavy atom. The molecule has 21 heavy (non-hydrogen) atoms. The summed E-state index contributed by atoms with van der Waals surface area (Å²) >= 11 is 5.76. The van der Waals surface area contributed by atoms with Crippen LogP contribution in [0.2, 0.25) is 5.15 Å². The number of hydrogen-bond donors (Lipinski definition) is 1. The Morgan fingerprint density at radius 2 is 2.19 bits per heavy atom. The molecule has 6 nitrogen and oxygen atoms in total. The molecule has 0 saturated carbocycles. The summed E-state index contributed by atoms with van der Waals surface area (Å²) in [4.78, 5) is 3.72. The number of sulfonamides is 1. The van der Waals surface area contributed by atoms with Crippen LogP contribution in [0.5, 0.6) is 0 Å². The first-order chi connectivity index (χ1) is 10.1. The molecule has 0 aliphatic heterocycles. The fourth-order valence-corrected chi connectivity index (χ4v) is 3.12. The molecular weight excluding hydrogens is 316 g/mol. The summed E-state index contributed by atoms with van der Waals surface area (Å²) in [5, 5.41) is -0.0425. The molecule has 114 valence electrons. The van der Waals surface area contributed by atoms with E-state index in [2.05, 4.69) is 9.71 Å². The highest BCUT2D eigenvalue weighted by molar-refractivity contribution is 7.89. The highest BCUT2D eigenvalue weighted by Gasteiger charge is 2.17. The van der Waals surface area contributed by atoms with Crippen molar-refractivity contribution in [2.24, 2.45) is 0 Å². The minimum Gasteiger partial charge on any atom is -0.467 e. The molecule has 0 aliphatic rings. The van der Waals surface area contributed by atoms with Crippen molar-refractivity contribution < 1.29 is 17.6 Å². The lowest BCUT2D eigenvalue weighted by Gasteiger charge is -2.07. The van der Waals surface area contributed by atoms with E-state index in [1.54, 1.807) is 12.3 Å². The summed E-state index contributed by atoms with van der Waals surface area (Å²) < 4.78 is 36.9. The Hall–Kier alpha value is -1.41.